The molecule has 0 atom stereocenters. The van der Waals surface area contributed by atoms with Crippen LogP contribution in [0.25, 0.3) is 0 Å². The van der Waals surface area contributed by atoms with Crippen LogP contribution in [0.2, 0.25) is 0 Å². The number of hydrogen-bond donors (Lipinski definition) is 1. The molecule has 0 aromatic rings. The number of halogens is 4. The molecule has 0 aromatic carbocycles. The number of alkyl halides is 4. The molecule has 3 nitrogen and oxygen atoms in total. The molecule has 64 valence electrons. The van der Waals surface area contributed by atoms with E-state index in [0.29, 0.717) is 0 Å². The zero-order valence-corrected chi connectivity index (χ0v) is 7.88. The first kappa shape index (κ1) is 11.3. The highest BCUT2D eigenvalue weighted by atomic mass is 35.5. The number of carbonyl (C=O) groups is 2. The Hall–Kier alpha value is 0.300. The van der Waals surface area contributed by atoms with Gasteiger partial charge >= 0.3 is 5.97 Å². The summed E-state index contributed by atoms with van der Waals surface area (Å²) < 4.78 is -2.56. The maximum Gasteiger partial charge on any atom is 0.348 e. The molecule has 11 heavy (non-hydrogen) atoms. The summed E-state index contributed by atoms with van der Waals surface area (Å²) in [5, 5.41) is 8.26. The van der Waals surface area contributed by atoms with Crippen molar-refractivity contribution >= 4 is 58.2 Å². The fraction of sp³-hybridized carbons (Fsp3) is 0.500. The van der Waals surface area contributed by atoms with Gasteiger partial charge < -0.3 is 5.11 Å². The van der Waals surface area contributed by atoms with E-state index in [1.807, 2.05) is 0 Å². The summed E-state index contributed by atoms with van der Waals surface area (Å²) >= 11 is 20.2. The van der Waals surface area contributed by atoms with Crippen molar-refractivity contribution in [1.29, 1.82) is 0 Å². The van der Waals surface area contributed by atoms with Crippen LogP contribution in [0.4, 0.5) is 0 Å². The number of rotatable bonds is 3. The lowest BCUT2D eigenvalue weighted by atomic mass is 10.3. The molecule has 0 heterocycles. The van der Waals surface area contributed by atoms with E-state index in [1.54, 1.807) is 0 Å². The van der Waals surface area contributed by atoms with Crippen LogP contribution in [0.5, 0.6) is 0 Å². The molecule has 0 unspecified atom stereocenters. The van der Waals surface area contributed by atoms with Gasteiger partial charge in [-0.3, -0.25) is 4.79 Å². The van der Waals surface area contributed by atoms with Gasteiger partial charge in [-0.1, -0.05) is 46.4 Å². The lowest BCUT2D eigenvalue weighted by molar-refractivity contribution is -0.140. The maximum absolute atomic E-state index is 10.7. The quantitative estimate of drug-likeness (QED) is 0.602. The first-order valence-electron chi connectivity index (χ1n) is 2.23. The normalized spacial score (nSPS) is 11.7. The Morgan fingerprint density at radius 1 is 1.27 bits per heavy atom. The lowest BCUT2D eigenvalue weighted by Crippen LogP contribution is -2.38. The van der Waals surface area contributed by atoms with Crippen LogP contribution < -0.4 is 0 Å². The summed E-state index contributed by atoms with van der Waals surface area (Å²) in [5.41, 5.74) is 0. The molecular formula is C4H2Cl4O3. The largest absolute Gasteiger partial charge is 0.479 e. The van der Waals surface area contributed by atoms with Crippen molar-refractivity contribution in [3.05, 3.63) is 0 Å². The van der Waals surface area contributed by atoms with Crippen LogP contribution in [0, 0.1) is 0 Å². The van der Waals surface area contributed by atoms with Gasteiger partial charge in [0.1, 0.15) is 0 Å². The Balaban J connectivity index is 4.56. The van der Waals surface area contributed by atoms with E-state index in [0.717, 1.165) is 0 Å². The van der Waals surface area contributed by atoms with Gasteiger partial charge in [-0.15, -0.1) is 0 Å². The van der Waals surface area contributed by atoms with Crippen molar-refractivity contribution in [2.24, 2.45) is 0 Å². The van der Waals surface area contributed by atoms with Crippen molar-refractivity contribution in [2.75, 3.05) is 0 Å². The Bertz CT molecular complexity index is 188. The first-order valence-corrected chi connectivity index (χ1v) is 3.86. The molecule has 0 rings (SSSR count). The Kier molecular flexibility index (Phi) is 3.91. The minimum atomic E-state index is -2.56. The average Bonchev–Trinajstić information content (AvgIpc) is 1.85. The van der Waals surface area contributed by atoms with Crippen molar-refractivity contribution in [3.8, 4) is 0 Å². The fourth-order valence-electron chi connectivity index (χ4n) is 0.242. The molecule has 0 saturated carbocycles. The number of carboxylic acids is 1. The van der Waals surface area contributed by atoms with Gasteiger partial charge in [0.15, 0.2) is 4.84 Å². The maximum atomic E-state index is 10.7. The molecule has 0 aliphatic carbocycles. The van der Waals surface area contributed by atoms with E-state index in [4.69, 9.17) is 51.5 Å². The molecule has 0 aromatic heterocycles. The third-order valence-corrected chi connectivity index (χ3v) is 1.87. The van der Waals surface area contributed by atoms with Gasteiger partial charge in [0.05, 0.1) is 0 Å². The van der Waals surface area contributed by atoms with Gasteiger partial charge in [0.25, 0.3) is 4.33 Å². The summed E-state index contributed by atoms with van der Waals surface area (Å²) in [4.78, 5) is 19.3. The molecule has 0 amide bonds. The minimum absolute atomic E-state index is 1.17. The summed E-state index contributed by atoms with van der Waals surface area (Å²) in [5.74, 6) is -2.87. The average molecular weight is 240 g/mol. The number of ketones is 1. The zero-order valence-electron chi connectivity index (χ0n) is 4.85. The smallest absolute Gasteiger partial charge is 0.348 e. The van der Waals surface area contributed by atoms with Gasteiger partial charge in [-0.25, -0.2) is 4.79 Å². The van der Waals surface area contributed by atoms with Crippen molar-refractivity contribution in [2.45, 2.75) is 9.17 Å². The van der Waals surface area contributed by atoms with Crippen LogP contribution in [0.1, 0.15) is 0 Å². The van der Waals surface area contributed by atoms with Gasteiger partial charge in [0, 0.05) is 0 Å². The molecule has 0 bridgehead atoms. The molecule has 0 radical (unpaired) electrons. The van der Waals surface area contributed by atoms with E-state index in [9.17, 15) is 9.59 Å². The Morgan fingerprint density at radius 2 is 1.64 bits per heavy atom. The van der Waals surface area contributed by atoms with E-state index >= 15 is 0 Å². The van der Waals surface area contributed by atoms with Crippen molar-refractivity contribution < 1.29 is 14.7 Å². The van der Waals surface area contributed by atoms with E-state index in [1.165, 1.54) is 0 Å². The zero-order chi connectivity index (χ0) is 9.23. The van der Waals surface area contributed by atoms with Crippen LogP contribution in [-0.4, -0.2) is 26.0 Å². The van der Waals surface area contributed by atoms with Crippen LogP contribution in [0.3, 0.4) is 0 Å². The number of carboxylic acid groups (broad SMARTS) is 1. The Labute approximate surface area is 82.2 Å². The summed E-state index contributed by atoms with van der Waals surface area (Å²) in [6, 6.07) is 0. The van der Waals surface area contributed by atoms with Crippen LogP contribution >= 0.6 is 46.4 Å². The number of hydrogen-bond acceptors (Lipinski definition) is 2. The molecular weight excluding hydrogens is 238 g/mol. The second-order valence-corrected chi connectivity index (χ2v) is 3.97. The van der Waals surface area contributed by atoms with Crippen molar-refractivity contribution in [3.63, 3.8) is 0 Å². The van der Waals surface area contributed by atoms with E-state index in [-0.39, 0.29) is 0 Å². The highest BCUT2D eigenvalue weighted by Gasteiger charge is 2.44. The summed E-state index contributed by atoms with van der Waals surface area (Å²) in [7, 11) is 0. The summed E-state index contributed by atoms with van der Waals surface area (Å²) in [6.45, 7) is 0. The molecule has 0 fully saturated rings. The predicted molar refractivity (Wildman–Crippen MR) is 42.6 cm³/mol. The van der Waals surface area contributed by atoms with E-state index in [2.05, 4.69) is 0 Å². The van der Waals surface area contributed by atoms with E-state index < -0.39 is 20.9 Å². The highest BCUT2D eigenvalue weighted by Crippen LogP contribution is 2.26. The van der Waals surface area contributed by atoms with Crippen molar-refractivity contribution in [1.82, 2.24) is 0 Å². The fourth-order valence-corrected chi connectivity index (χ4v) is 1.01. The second-order valence-electron chi connectivity index (χ2n) is 1.54. The highest BCUT2D eigenvalue weighted by molar-refractivity contribution is 6.72. The summed E-state index contributed by atoms with van der Waals surface area (Å²) in [6.07, 6.45) is 0. The number of aliphatic carboxylic acids is 1. The SMILES string of the molecule is O=C(O)C(Cl)(Cl)C(=O)C(Cl)Cl. The minimum Gasteiger partial charge on any atom is -0.479 e. The molecule has 0 aliphatic heterocycles. The second kappa shape index (κ2) is 3.81. The standard InChI is InChI=1S/C4H2Cl4O3/c5-2(6)1(9)4(7,8)3(10)11/h2H,(H,10,11). The lowest BCUT2D eigenvalue weighted by Gasteiger charge is -2.12. The van der Waals surface area contributed by atoms with Crippen LogP contribution in [-0.2, 0) is 9.59 Å². The molecule has 0 aliphatic rings. The van der Waals surface area contributed by atoms with Gasteiger partial charge in [-0.2, -0.15) is 0 Å². The monoisotopic (exact) mass is 238 g/mol. The van der Waals surface area contributed by atoms with Crippen LogP contribution in [0.15, 0.2) is 0 Å². The van der Waals surface area contributed by atoms with Gasteiger partial charge in [-0.05, 0) is 0 Å². The molecule has 0 spiro atoms. The number of Topliss-reactive ketones (excluding diaryl/α,β-unsaturated/α-hetero) is 1. The predicted octanol–water partition coefficient (Wildman–Crippen LogP) is 1.62. The number of carbonyl (C=O) groups excluding carboxylic acids is 1. The van der Waals surface area contributed by atoms with Gasteiger partial charge in [0.2, 0.25) is 5.78 Å². The molecule has 0 saturated heterocycles. The topological polar surface area (TPSA) is 54.4 Å². The first-order chi connectivity index (χ1) is 4.80. The third-order valence-electron chi connectivity index (χ3n) is 0.776. The Morgan fingerprint density at radius 3 is 1.73 bits per heavy atom. The molecule has 1 N–H and O–H groups in total. The molecule has 7 heteroatoms. The third kappa shape index (κ3) is 2.67.